The molecule has 0 spiro atoms. The maximum absolute atomic E-state index is 13.1. The summed E-state index contributed by atoms with van der Waals surface area (Å²) >= 11 is 6.43. The van der Waals surface area contributed by atoms with Gasteiger partial charge in [0.25, 0.3) is 5.91 Å². The fourth-order valence-electron chi connectivity index (χ4n) is 4.19. The minimum atomic E-state index is -1.19. The molecule has 0 saturated heterocycles. The van der Waals surface area contributed by atoms with Gasteiger partial charge in [-0.15, -0.1) is 0 Å². The van der Waals surface area contributed by atoms with Crippen LogP contribution in [0, 0.1) is 0 Å². The zero-order valence-corrected chi connectivity index (χ0v) is 19.1. The summed E-state index contributed by atoms with van der Waals surface area (Å²) in [6.07, 6.45) is 2.33. The highest BCUT2D eigenvalue weighted by molar-refractivity contribution is 6.31. The Hall–Kier alpha value is -3.06. The monoisotopic (exact) mass is 459 g/mol. The van der Waals surface area contributed by atoms with Gasteiger partial charge in [0.15, 0.2) is 12.4 Å². The third kappa shape index (κ3) is 4.30. The number of hydrogen-bond donors (Lipinski definition) is 0. The molecule has 1 unspecified atom stereocenters. The standard InChI is InChI=1S/C24H26ClNO6/c1-26(24(14-7-6-13-20(24)27)16-9-4-5-10-17(16)25)21(28)15-32-23(29)22-18(30-2)11-8-12-19(22)31-3/h4-5,8-12H,6-7,13-15H2,1-3H3. The van der Waals surface area contributed by atoms with Crippen molar-refractivity contribution in [1.82, 2.24) is 4.90 Å². The van der Waals surface area contributed by atoms with Crippen LogP contribution in [0.1, 0.15) is 41.6 Å². The van der Waals surface area contributed by atoms with E-state index >= 15 is 0 Å². The van der Waals surface area contributed by atoms with Crippen molar-refractivity contribution < 1.29 is 28.6 Å². The molecule has 1 aliphatic rings. The Morgan fingerprint density at radius 2 is 1.69 bits per heavy atom. The SMILES string of the molecule is COc1cccc(OC)c1C(=O)OCC(=O)N(C)C1(c2ccccc2Cl)CCCCC1=O. The number of Topliss-reactive ketones (excluding diaryl/α,β-unsaturated/α-hetero) is 1. The lowest BCUT2D eigenvalue weighted by molar-refractivity contribution is -0.150. The summed E-state index contributed by atoms with van der Waals surface area (Å²) in [6, 6.07) is 11.9. The second-order valence-corrected chi connectivity index (χ2v) is 7.94. The first-order valence-electron chi connectivity index (χ1n) is 10.3. The van der Waals surface area contributed by atoms with Crippen LogP contribution < -0.4 is 9.47 Å². The van der Waals surface area contributed by atoms with Crippen molar-refractivity contribution in [2.45, 2.75) is 31.2 Å². The van der Waals surface area contributed by atoms with E-state index in [0.29, 0.717) is 23.4 Å². The number of esters is 1. The maximum atomic E-state index is 13.1. The molecule has 0 aliphatic heterocycles. The quantitative estimate of drug-likeness (QED) is 0.582. The smallest absolute Gasteiger partial charge is 0.346 e. The zero-order valence-electron chi connectivity index (χ0n) is 18.4. The van der Waals surface area contributed by atoms with Crippen molar-refractivity contribution in [1.29, 1.82) is 0 Å². The number of likely N-dealkylation sites (N-methyl/N-ethyl adjacent to an activating group) is 1. The van der Waals surface area contributed by atoms with E-state index in [1.165, 1.54) is 19.1 Å². The van der Waals surface area contributed by atoms with Gasteiger partial charge < -0.3 is 19.1 Å². The summed E-state index contributed by atoms with van der Waals surface area (Å²) < 4.78 is 15.7. The van der Waals surface area contributed by atoms with E-state index in [2.05, 4.69) is 0 Å². The van der Waals surface area contributed by atoms with Gasteiger partial charge in [0.05, 0.1) is 14.2 Å². The zero-order chi connectivity index (χ0) is 23.3. The van der Waals surface area contributed by atoms with E-state index in [0.717, 1.165) is 12.8 Å². The molecule has 1 amide bonds. The van der Waals surface area contributed by atoms with E-state index < -0.39 is 24.0 Å². The highest BCUT2D eigenvalue weighted by Crippen LogP contribution is 2.42. The van der Waals surface area contributed by atoms with Crippen LogP contribution in [0.5, 0.6) is 11.5 Å². The third-order valence-electron chi connectivity index (χ3n) is 5.88. The van der Waals surface area contributed by atoms with Crippen LogP contribution in [0.4, 0.5) is 0 Å². The largest absolute Gasteiger partial charge is 0.496 e. The predicted molar refractivity (Wildman–Crippen MR) is 119 cm³/mol. The number of carbonyl (C=O) groups is 3. The van der Waals surface area contributed by atoms with Crippen LogP contribution in [0.25, 0.3) is 0 Å². The molecule has 0 aromatic heterocycles. The average Bonchev–Trinajstić information content (AvgIpc) is 2.82. The van der Waals surface area contributed by atoms with Crippen LogP contribution in [0.15, 0.2) is 42.5 Å². The molecule has 8 heteroatoms. The van der Waals surface area contributed by atoms with Crippen molar-refractivity contribution in [3.05, 3.63) is 58.6 Å². The number of ether oxygens (including phenoxy) is 3. The molecule has 0 heterocycles. The summed E-state index contributed by atoms with van der Waals surface area (Å²) in [5.41, 5.74) is -0.523. The van der Waals surface area contributed by atoms with Crippen molar-refractivity contribution in [2.75, 3.05) is 27.9 Å². The van der Waals surface area contributed by atoms with Gasteiger partial charge in [-0.05, 0) is 37.5 Å². The molecule has 1 fully saturated rings. The number of amides is 1. The summed E-state index contributed by atoms with van der Waals surface area (Å²) in [5.74, 6) is -0.814. The van der Waals surface area contributed by atoms with E-state index in [4.69, 9.17) is 25.8 Å². The summed E-state index contributed by atoms with van der Waals surface area (Å²) in [6.45, 7) is -0.546. The van der Waals surface area contributed by atoms with Gasteiger partial charge in [0, 0.05) is 24.1 Å². The van der Waals surface area contributed by atoms with Crippen LogP contribution in [0.3, 0.4) is 0 Å². The van der Waals surface area contributed by atoms with Crippen LogP contribution in [0.2, 0.25) is 5.02 Å². The van der Waals surface area contributed by atoms with Crippen molar-refractivity contribution >= 4 is 29.3 Å². The van der Waals surface area contributed by atoms with E-state index in [-0.39, 0.29) is 22.8 Å². The molecule has 170 valence electrons. The number of benzene rings is 2. The van der Waals surface area contributed by atoms with E-state index in [1.54, 1.807) is 49.5 Å². The molecule has 2 aromatic rings. The molecule has 7 nitrogen and oxygen atoms in total. The lowest BCUT2D eigenvalue weighted by Crippen LogP contribution is -2.55. The average molecular weight is 460 g/mol. The van der Waals surface area contributed by atoms with Crippen LogP contribution in [-0.4, -0.2) is 50.4 Å². The van der Waals surface area contributed by atoms with Crippen LogP contribution >= 0.6 is 11.6 Å². The molecular formula is C24H26ClNO6. The highest BCUT2D eigenvalue weighted by atomic mass is 35.5. The number of halogens is 1. The van der Waals surface area contributed by atoms with Gasteiger partial charge in [-0.1, -0.05) is 35.9 Å². The number of rotatable bonds is 7. The molecule has 1 saturated carbocycles. The molecule has 1 aliphatic carbocycles. The Bertz CT molecular complexity index is 1000. The summed E-state index contributed by atoms with van der Waals surface area (Å²) in [4.78, 5) is 40.4. The van der Waals surface area contributed by atoms with E-state index in [9.17, 15) is 14.4 Å². The fourth-order valence-corrected chi connectivity index (χ4v) is 4.48. The first-order valence-corrected chi connectivity index (χ1v) is 10.7. The molecule has 2 aromatic carbocycles. The molecular weight excluding hydrogens is 434 g/mol. The van der Waals surface area contributed by atoms with Crippen molar-refractivity contribution in [3.63, 3.8) is 0 Å². The number of hydrogen-bond acceptors (Lipinski definition) is 6. The summed E-state index contributed by atoms with van der Waals surface area (Å²) in [7, 11) is 4.39. The summed E-state index contributed by atoms with van der Waals surface area (Å²) in [5, 5.41) is 0.415. The Balaban J connectivity index is 1.85. The van der Waals surface area contributed by atoms with Gasteiger partial charge in [-0.2, -0.15) is 0 Å². The Morgan fingerprint density at radius 3 is 2.28 bits per heavy atom. The Labute approximate surface area is 192 Å². The van der Waals surface area contributed by atoms with Crippen molar-refractivity contribution in [3.8, 4) is 11.5 Å². The molecule has 0 bridgehead atoms. The molecule has 0 radical (unpaired) electrons. The number of nitrogens with zero attached hydrogens (tertiary/aromatic N) is 1. The number of ketones is 1. The minimum Gasteiger partial charge on any atom is -0.496 e. The maximum Gasteiger partial charge on any atom is 0.346 e. The van der Waals surface area contributed by atoms with Gasteiger partial charge >= 0.3 is 5.97 Å². The first-order chi connectivity index (χ1) is 15.4. The second-order valence-electron chi connectivity index (χ2n) is 7.54. The van der Waals surface area contributed by atoms with Gasteiger partial charge in [0.1, 0.15) is 22.6 Å². The topological polar surface area (TPSA) is 82.1 Å². The first kappa shape index (κ1) is 23.6. The van der Waals surface area contributed by atoms with E-state index in [1.807, 2.05) is 0 Å². The Kier molecular flexibility index (Phi) is 7.40. The predicted octanol–water partition coefficient (Wildman–Crippen LogP) is 4.01. The number of methoxy groups -OCH3 is 2. The van der Waals surface area contributed by atoms with Crippen molar-refractivity contribution in [2.24, 2.45) is 0 Å². The molecule has 32 heavy (non-hydrogen) atoms. The highest BCUT2D eigenvalue weighted by Gasteiger charge is 2.48. The van der Waals surface area contributed by atoms with Gasteiger partial charge in [-0.3, -0.25) is 9.59 Å². The van der Waals surface area contributed by atoms with Gasteiger partial charge in [0.2, 0.25) is 0 Å². The minimum absolute atomic E-state index is 0.0783. The van der Waals surface area contributed by atoms with Crippen LogP contribution in [-0.2, 0) is 19.9 Å². The lowest BCUT2D eigenvalue weighted by atomic mass is 9.74. The fraction of sp³-hybridized carbons (Fsp3) is 0.375. The lowest BCUT2D eigenvalue weighted by Gasteiger charge is -2.43. The molecule has 1 atom stereocenters. The molecule has 0 N–H and O–H groups in total. The Morgan fingerprint density at radius 1 is 1.03 bits per heavy atom. The molecule has 3 rings (SSSR count). The normalized spacial score (nSPS) is 18.1. The second kappa shape index (κ2) is 10.0. The number of carbonyl (C=O) groups excluding carboxylic acids is 3. The van der Waals surface area contributed by atoms with Gasteiger partial charge in [-0.25, -0.2) is 4.79 Å². The third-order valence-corrected chi connectivity index (χ3v) is 6.21.